The van der Waals surface area contributed by atoms with Crippen molar-refractivity contribution in [1.29, 1.82) is 0 Å². The van der Waals surface area contributed by atoms with Gasteiger partial charge in [0.25, 0.3) is 0 Å². The molecule has 0 aromatic heterocycles. The lowest BCUT2D eigenvalue weighted by atomic mass is 10.0. The van der Waals surface area contributed by atoms with Gasteiger partial charge in [0.2, 0.25) is 0 Å². The van der Waals surface area contributed by atoms with Gasteiger partial charge < -0.3 is 11.1 Å². The molecule has 3 N–H and O–H groups in total. The minimum absolute atomic E-state index is 0.715. The number of hydrogen-bond donors (Lipinski definition) is 2. The van der Waals surface area contributed by atoms with Gasteiger partial charge in [-0.1, -0.05) is 91.0 Å². The SMILES string of the molecule is Nc1ccccc1Nc1c(Br)ccc2/c1=c1/cccc/c1=c1\cccc\c1=c1/cccc/c1=2. The second kappa shape index (κ2) is 7.95. The van der Waals surface area contributed by atoms with Gasteiger partial charge >= 0.3 is 0 Å². The number of nitrogens with two attached hydrogens (primary N) is 1. The van der Waals surface area contributed by atoms with Crippen molar-refractivity contribution in [2.45, 2.75) is 0 Å². The summed E-state index contributed by atoms with van der Waals surface area (Å²) >= 11 is 3.82. The molecule has 0 saturated carbocycles. The first-order valence-corrected chi connectivity index (χ1v) is 11.7. The molecule has 0 saturated heterocycles. The summed E-state index contributed by atoms with van der Waals surface area (Å²) in [6, 6.07) is 38.2. The zero-order valence-electron chi connectivity index (χ0n) is 17.8. The molecule has 0 heterocycles. The van der Waals surface area contributed by atoms with Crippen LogP contribution in [0, 0.1) is 41.7 Å². The predicted octanol–water partition coefficient (Wildman–Crippen LogP) is 7.24. The number of anilines is 3. The highest BCUT2D eigenvalue weighted by Gasteiger charge is 2.09. The molecule has 5 aromatic carbocycles. The smallest absolute Gasteiger partial charge is 0.0618 e. The zero-order valence-corrected chi connectivity index (χ0v) is 19.4. The van der Waals surface area contributed by atoms with Crippen LogP contribution < -0.4 is 11.1 Å². The van der Waals surface area contributed by atoms with Gasteiger partial charge in [-0.2, -0.15) is 0 Å². The van der Waals surface area contributed by atoms with Gasteiger partial charge in [-0.25, -0.2) is 0 Å². The minimum atomic E-state index is 0.715. The van der Waals surface area contributed by atoms with Crippen LogP contribution in [0.1, 0.15) is 0 Å². The van der Waals surface area contributed by atoms with Gasteiger partial charge in [-0.15, -0.1) is 0 Å². The van der Waals surface area contributed by atoms with Gasteiger partial charge in [0, 0.05) is 9.69 Å². The highest BCUT2D eigenvalue weighted by molar-refractivity contribution is 9.10. The van der Waals surface area contributed by atoms with Crippen LogP contribution in [-0.4, -0.2) is 0 Å². The Hall–Kier alpha value is -3.82. The average molecular weight is 489 g/mol. The van der Waals surface area contributed by atoms with E-state index in [0.717, 1.165) is 21.1 Å². The Morgan fingerprint density at radius 2 is 0.939 bits per heavy atom. The minimum Gasteiger partial charge on any atom is -0.397 e. The van der Waals surface area contributed by atoms with Crippen molar-refractivity contribution in [2.75, 3.05) is 11.1 Å². The molecule has 0 radical (unpaired) electrons. The third-order valence-electron chi connectivity index (χ3n) is 6.30. The fraction of sp³-hybridized carbons (Fsp3) is 0. The number of hydrogen-bond acceptors (Lipinski definition) is 2. The number of benzene rings is 5. The highest BCUT2D eigenvalue weighted by Crippen LogP contribution is 2.31. The van der Waals surface area contributed by atoms with Crippen LogP contribution in [0.25, 0.3) is 0 Å². The fourth-order valence-corrected chi connectivity index (χ4v) is 5.22. The largest absolute Gasteiger partial charge is 0.397 e. The van der Waals surface area contributed by atoms with Gasteiger partial charge in [0.1, 0.15) is 0 Å². The maximum atomic E-state index is 6.31. The molecule has 0 aliphatic heterocycles. The van der Waals surface area contributed by atoms with Crippen molar-refractivity contribution >= 4 is 33.0 Å². The molecule has 33 heavy (non-hydrogen) atoms. The summed E-state index contributed by atoms with van der Waals surface area (Å²) in [5, 5.41) is 13.3. The van der Waals surface area contributed by atoms with E-state index in [1.165, 1.54) is 36.5 Å². The molecule has 0 unspecified atom stereocenters. The third-order valence-corrected chi connectivity index (χ3v) is 6.96. The molecular formula is C30H21BrN2. The van der Waals surface area contributed by atoms with Crippen LogP contribution in [0.3, 0.4) is 0 Å². The van der Waals surface area contributed by atoms with Crippen molar-refractivity contribution in [3.8, 4) is 0 Å². The first kappa shape index (κ1) is 19.8. The first-order chi connectivity index (χ1) is 16.2. The number of nitrogens with one attached hydrogen (secondary N) is 1. The normalized spacial score (nSPS) is 15.7. The van der Waals surface area contributed by atoms with Crippen molar-refractivity contribution in [3.05, 3.63) is 155 Å². The molecule has 158 valence electrons. The van der Waals surface area contributed by atoms with E-state index in [0.29, 0.717) is 5.69 Å². The standard InChI is InChI=1S/C30H21BrN2/c31-26-18-17-25-23-13-4-3-11-21(23)19-9-1-2-10-20(19)22-12-5-6-14-24(22)29(25)30(26)33-28-16-8-7-15-27(28)32/h1-18,33H,32H2/b21-19-,22-20-,25-23-,29-24+. The first-order valence-electron chi connectivity index (χ1n) is 10.9. The Balaban J connectivity index is 2.00. The molecule has 0 bridgehead atoms. The monoisotopic (exact) mass is 488 g/mol. The summed E-state index contributed by atoms with van der Waals surface area (Å²) < 4.78 is 0.991. The highest BCUT2D eigenvalue weighted by atomic mass is 79.9. The van der Waals surface area contributed by atoms with Crippen LogP contribution in [-0.2, 0) is 0 Å². The Kier molecular flexibility index (Phi) is 4.78. The van der Waals surface area contributed by atoms with Crippen molar-refractivity contribution < 1.29 is 0 Å². The van der Waals surface area contributed by atoms with Crippen LogP contribution in [0.4, 0.5) is 17.1 Å². The molecule has 0 spiro atoms. The number of rotatable bonds is 2. The van der Waals surface area contributed by atoms with Gasteiger partial charge in [0.15, 0.2) is 0 Å². The lowest BCUT2D eigenvalue weighted by molar-refractivity contribution is 1.28. The summed E-state index contributed by atoms with van der Waals surface area (Å²) in [4.78, 5) is 0. The molecule has 0 fully saturated rings. The molecule has 1 aliphatic rings. The summed E-state index contributed by atoms with van der Waals surface area (Å²) in [6.45, 7) is 0. The lowest BCUT2D eigenvalue weighted by Gasteiger charge is -2.13. The molecule has 5 aromatic rings. The number of fused-ring (bicyclic) bond motifs is 4. The van der Waals surface area contributed by atoms with E-state index in [4.69, 9.17) is 5.73 Å². The number of nitrogen functional groups attached to an aromatic ring is 1. The quantitative estimate of drug-likeness (QED) is 0.252. The third kappa shape index (κ3) is 3.24. The summed E-state index contributed by atoms with van der Waals surface area (Å²) in [5.41, 5.74) is 8.92. The lowest BCUT2D eigenvalue weighted by Crippen LogP contribution is -2.00. The zero-order chi connectivity index (χ0) is 22.4. The van der Waals surface area contributed by atoms with Crippen LogP contribution in [0.15, 0.2) is 114 Å². The van der Waals surface area contributed by atoms with E-state index in [-0.39, 0.29) is 0 Å². The maximum absolute atomic E-state index is 6.31. The predicted molar refractivity (Wildman–Crippen MR) is 138 cm³/mol. The Bertz CT molecular complexity index is 1930. The van der Waals surface area contributed by atoms with E-state index < -0.39 is 0 Å². The van der Waals surface area contributed by atoms with Gasteiger partial charge in [-0.3, -0.25) is 0 Å². The Morgan fingerprint density at radius 3 is 1.52 bits per heavy atom. The second-order valence-electron chi connectivity index (χ2n) is 8.19. The molecular weight excluding hydrogens is 468 g/mol. The fourth-order valence-electron chi connectivity index (χ4n) is 4.79. The molecule has 6 rings (SSSR count). The molecule has 0 amide bonds. The number of para-hydroxylation sites is 2. The van der Waals surface area contributed by atoms with E-state index >= 15 is 0 Å². The van der Waals surface area contributed by atoms with Crippen LogP contribution >= 0.6 is 15.9 Å². The maximum Gasteiger partial charge on any atom is 0.0618 e. The van der Waals surface area contributed by atoms with E-state index in [1.54, 1.807) is 0 Å². The summed E-state index contributed by atoms with van der Waals surface area (Å²) in [5.74, 6) is 0. The van der Waals surface area contributed by atoms with E-state index in [2.05, 4.69) is 106 Å². The molecule has 1 aliphatic carbocycles. The van der Waals surface area contributed by atoms with Crippen molar-refractivity contribution in [3.63, 3.8) is 0 Å². The topological polar surface area (TPSA) is 38.0 Å². The van der Waals surface area contributed by atoms with Crippen LogP contribution in [0.2, 0.25) is 0 Å². The number of halogens is 1. The van der Waals surface area contributed by atoms with E-state index in [9.17, 15) is 0 Å². The summed E-state index contributed by atoms with van der Waals surface area (Å²) in [6.07, 6.45) is 0. The van der Waals surface area contributed by atoms with Crippen molar-refractivity contribution in [2.24, 2.45) is 0 Å². The van der Waals surface area contributed by atoms with E-state index in [1.807, 2.05) is 24.3 Å². The second-order valence-corrected chi connectivity index (χ2v) is 9.05. The van der Waals surface area contributed by atoms with Crippen LogP contribution in [0.5, 0.6) is 0 Å². The van der Waals surface area contributed by atoms with Gasteiger partial charge in [-0.05, 0) is 70.7 Å². The molecule has 2 nitrogen and oxygen atoms in total. The molecule has 0 atom stereocenters. The Labute approximate surface area is 199 Å². The average Bonchev–Trinajstić information content (AvgIpc) is 2.86. The summed E-state index contributed by atoms with van der Waals surface area (Å²) in [7, 11) is 0. The van der Waals surface area contributed by atoms with Crippen molar-refractivity contribution in [1.82, 2.24) is 0 Å². The Morgan fingerprint density at radius 1 is 0.485 bits per heavy atom. The van der Waals surface area contributed by atoms with Gasteiger partial charge in [0.05, 0.1) is 17.1 Å². The molecule has 3 heteroatoms.